The molecule has 1 unspecified atom stereocenters. The maximum absolute atomic E-state index is 3.65. The minimum Gasteiger partial charge on any atom is -0.305 e. The summed E-state index contributed by atoms with van der Waals surface area (Å²) in [6.07, 6.45) is 0. The van der Waals surface area contributed by atoms with Gasteiger partial charge in [0.05, 0.1) is 0 Å². The molecule has 2 aromatic heterocycles. The van der Waals surface area contributed by atoms with Crippen LogP contribution in [0.5, 0.6) is 0 Å². The molecule has 20 heavy (non-hydrogen) atoms. The molecular weight excluding hydrogens is 282 g/mol. The van der Waals surface area contributed by atoms with Gasteiger partial charge in [0, 0.05) is 31.9 Å². The summed E-state index contributed by atoms with van der Waals surface area (Å²) in [5.41, 5.74) is 1.42. The number of thiophene rings is 2. The van der Waals surface area contributed by atoms with Gasteiger partial charge < -0.3 is 5.32 Å². The van der Waals surface area contributed by atoms with Gasteiger partial charge in [0.25, 0.3) is 0 Å². The molecular formula is C17H19NS2. The molecule has 3 heteroatoms. The average Bonchev–Trinajstić information content (AvgIpc) is 3.01. The van der Waals surface area contributed by atoms with Crippen molar-refractivity contribution in [3.8, 4) is 0 Å². The predicted molar refractivity (Wildman–Crippen MR) is 90.9 cm³/mol. The number of hydrogen-bond acceptors (Lipinski definition) is 3. The van der Waals surface area contributed by atoms with Gasteiger partial charge >= 0.3 is 0 Å². The van der Waals surface area contributed by atoms with Gasteiger partial charge in [0.2, 0.25) is 0 Å². The third-order valence-corrected chi connectivity index (χ3v) is 6.11. The van der Waals surface area contributed by atoms with Crippen molar-refractivity contribution >= 4 is 32.8 Å². The number of nitrogens with one attached hydrogen (secondary N) is 1. The van der Waals surface area contributed by atoms with Crippen molar-refractivity contribution in [2.75, 3.05) is 0 Å². The molecule has 1 atom stereocenters. The topological polar surface area (TPSA) is 12.0 Å². The molecule has 2 heterocycles. The number of aryl methyl sites for hydroxylation is 2. The Morgan fingerprint density at radius 2 is 1.85 bits per heavy atom. The SMILES string of the molecule is Cc1ccc(CNC(C)c2sc3ccccc3c2C)s1. The molecule has 0 aliphatic rings. The Morgan fingerprint density at radius 1 is 1.05 bits per heavy atom. The molecule has 0 aliphatic carbocycles. The Bertz CT molecular complexity index is 724. The molecule has 0 fully saturated rings. The van der Waals surface area contributed by atoms with E-state index >= 15 is 0 Å². The minimum atomic E-state index is 0.398. The zero-order chi connectivity index (χ0) is 14.1. The van der Waals surface area contributed by atoms with Crippen LogP contribution in [0.1, 0.15) is 33.2 Å². The van der Waals surface area contributed by atoms with E-state index in [2.05, 4.69) is 62.5 Å². The first kappa shape index (κ1) is 13.8. The van der Waals surface area contributed by atoms with Crippen molar-refractivity contribution in [3.05, 3.63) is 56.6 Å². The molecule has 0 aliphatic heterocycles. The highest BCUT2D eigenvalue weighted by molar-refractivity contribution is 7.19. The van der Waals surface area contributed by atoms with Gasteiger partial charge in [-0.2, -0.15) is 0 Å². The smallest absolute Gasteiger partial charge is 0.0392 e. The lowest BCUT2D eigenvalue weighted by atomic mass is 10.1. The summed E-state index contributed by atoms with van der Waals surface area (Å²) in [5, 5.41) is 5.05. The first-order valence-corrected chi connectivity index (χ1v) is 8.55. The standard InChI is InChI=1S/C17H19NS2/c1-11-8-9-14(19-11)10-18-13(3)17-12(2)15-6-4-5-7-16(15)20-17/h4-9,13,18H,10H2,1-3H3. The lowest BCUT2D eigenvalue weighted by molar-refractivity contribution is 0.585. The van der Waals surface area contributed by atoms with Gasteiger partial charge in [-0.25, -0.2) is 0 Å². The van der Waals surface area contributed by atoms with E-state index < -0.39 is 0 Å². The van der Waals surface area contributed by atoms with Crippen molar-refractivity contribution in [1.29, 1.82) is 0 Å². The van der Waals surface area contributed by atoms with E-state index in [-0.39, 0.29) is 0 Å². The van der Waals surface area contributed by atoms with E-state index in [0.29, 0.717) is 6.04 Å². The van der Waals surface area contributed by atoms with Crippen LogP contribution in [0.15, 0.2) is 36.4 Å². The molecule has 1 aromatic carbocycles. The average molecular weight is 301 g/mol. The molecule has 1 N–H and O–H groups in total. The van der Waals surface area contributed by atoms with Crippen LogP contribution in [0.3, 0.4) is 0 Å². The van der Waals surface area contributed by atoms with Crippen LogP contribution in [0.2, 0.25) is 0 Å². The van der Waals surface area contributed by atoms with Gasteiger partial charge in [-0.1, -0.05) is 18.2 Å². The Labute approximate surface area is 128 Å². The maximum Gasteiger partial charge on any atom is 0.0392 e. The van der Waals surface area contributed by atoms with Crippen molar-refractivity contribution in [2.24, 2.45) is 0 Å². The fraction of sp³-hybridized carbons (Fsp3) is 0.294. The van der Waals surface area contributed by atoms with Crippen molar-refractivity contribution in [3.63, 3.8) is 0 Å². The third-order valence-electron chi connectivity index (χ3n) is 3.65. The lowest BCUT2D eigenvalue weighted by Gasteiger charge is -2.12. The van der Waals surface area contributed by atoms with E-state index in [1.165, 1.54) is 30.3 Å². The molecule has 0 amide bonds. The highest BCUT2D eigenvalue weighted by Crippen LogP contribution is 2.34. The Hall–Kier alpha value is -1.16. The molecule has 0 saturated heterocycles. The van der Waals surface area contributed by atoms with E-state index in [1.54, 1.807) is 0 Å². The van der Waals surface area contributed by atoms with Crippen LogP contribution < -0.4 is 5.32 Å². The van der Waals surface area contributed by atoms with Gasteiger partial charge in [-0.15, -0.1) is 22.7 Å². The Balaban J connectivity index is 1.78. The number of rotatable bonds is 4. The van der Waals surface area contributed by atoms with Crippen molar-refractivity contribution < 1.29 is 0 Å². The summed E-state index contributed by atoms with van der Waals surface area (Å²) >= 11 is 3.79. The largest absolute Gasteiger partial charge is 0.305 e. The summed E-state index contributed by atoms with van der Waals surface area (Å²) < 4.78 is 1.39. The van der Waals surface area contributed by atoms with Gasteiger partial charge in [0.15, 0.2) is 0 Å². The predicted octanol–water partition coefficient (Wildman–Crippen LogP) is 5.43. The molecule has 1 nitrogen and oxygen atoms in total. The summed E-state index contributed by atoms with van der Waals surface area (Å²) in [4.78, 5) is 4.25. The maximum atomic E-state index is 3.65. The highest BCUT2D eigenvalue weighted by Gasteiger charge is 2.14. The second kappa shape index (κ2) is 5.68. The third kappa shape index (κ3) is 2.66. The molecule has 0 spiro atoms. The lowest BCUT2D eigenvalue weighted by Crippen LogP contribution is -2.17. The molecule has 0 saturated carbocycles. The number of hydrogen-bond donors (Lipinski definition) is 1. The van der Waals surface area contributed by atoms with Gasteiger partial charge in [-0.3, -0.25) is 0 Å². The normalized spacial score (nSPS) is 12.9. The van der Waals surface area contributed by atoms with Gasteiger partial charge in [0.1, 0.15) is 0 Å². The second-order valence-electron chi connectivity index (χ2n) is 5.20. The molecule has 104 valence electrons. The summed E-state index contributed by atoms with van der Waals surface area (Å²) in [5.74, 6) is 0. The Kier molecular flexibility index (Phi) is 3.92. The summed E-state index contributed by atoms with van der Waals surface area (Å²) in [6.45, 7) is 7.61. The summed E-state index contributed by atoms with van der Waals surface area (Å²) in [7, 11) is 0. The Morgan fingerprint density at radius 3 is 2.55 bits per heavy atom. The molecule has 3 rings (SSSR count). The van der Waals surface area contributed by atoms with Crippen LogP contribution in [0.25, 0.3) is 10.1 Å². The van der Waals surface area contributed by atoms with Crippen LogP contribution in [0, 0.1) is 13.8 Å². The first-order valence-electron chi connectivity index (χ1n) is 6.92. The minimum absolute atomic E-state index is 0.398. The zero-order valence-electron chi connectivity index (χ0n) is 12.1. The zero-order valence-corrected chi connectivity index (χ0v) is 13.7. The molecule has 0 radical (unpaired) electrons. The van der Waals surface area contributed by atoms with Crippen LogP contribution >= 0.6 is 22.7 Å². The van der Waals surface area contributed by atoms with Crippen molar-refractivity contribution in [1.82, 2.24) is 5.32 Å². The molecule has 3 aromatic rings. The van der Waals surface area contributed by atoms with E-state index in [1.807, 2.05) is 22.7 Å². The van der Waals surface area contributed by atoms with Crippen LogP contribution in [-0.4, -0.2) is 0 Å². The van der Waals surface area contributed by atoms with Crippen LogP contribution in [0.4, 0.5) is 0 Å². The van der Waals surface area contributed by atoms with Crippen LogP contribution in [-0.2, 0) is 6.54 Å². The van der Waals surface area contributed by atoms with E-state index in [9.17, 15) is 0 Å². The van der Waals surface area contributed by atoms with E-state index in [4.69, 9.17) is 0 Å². The molecule has 0 bridgehead atoms. The van der Waals surface area contributed by atoms with Gasteiger partial charge in [-0.05, 0) is 49.9 Å². The first-order chi connectivity index (χ1) is 9.65. The fourth-order valence-electron chi connectivity index (χ4n) is 2.53. The quantitative estimate of drug-likeness (QED) is 0.677. The van der Waals surface area contributed by atoms with Crippen molar-refractivity contribution in [2.45, 2.75) is 33.4 Å². The number of benzene rings is 1. The fourth-order valence-corrected chi connectivity index (χ4v) is 4.61. The summed E-state index contributed by atoms with van der Waals surface area (Å²) in [6, 6.07) is 13.5. The monoisotopic (exact) mass is 301 g/mol. The number of fused-ring (bicyclic) bond motifs is 1. The van der Waals surface area contributed by atoms with E-state index in [0.717, 1.165) is 6.54 Å². The highest BCUT2D eigenvalue weighted by atomic mass is 32.1. The second-order valence-corrected chi connectivity index (χ2v) is 7.66.